The van der Waals surface area contributed by atoms with Crippen LogP contribution in [0.4, 0.5) is 0 Å². The van der Waals surface area contributed by atoms with Gasteiger partial charge in [-0.05, 0) is 23.6 Å². The molecule has 0 radical (unpaired) electrons. The molecule has 1 aliphatic rings. The van der Waals surface area contributed by atoms with Crippen molar-refractivity contribution in [2.75, 3.05) is 13.6 Å². The predicted octanol–water partition coefficient (Wildman–Crippen LogP) is 1.55. The van der Waals surface area contributed by atoms with E-state index in [2.05, 4.69) is 44.6 Å². The van der Waals surface area contributed by atoms with Gasteiger partial charge in [0.1, 0.15) is 0 Å². The van der Waals surface area contributed by atoms with Crippen molar-refractivity contribution in [3.8, 4) is 0 Å². The summed E-state index contributed by atoms with van der Waals surface area (Å²) in [6.45, 7) is 2.66. The highest BCUT2D eigenvalue weighted by Gasteiger charge is 2.18. The van der Waals surface area contributed by atoms with Gasteiger partial charge in [-0.2, -0.15) is 5.10 Å². The summed E-state index contributed by atoms with van der Waals surface area (Å²) in [6.07, 6.45) is 2.89. The van der Waals surface area contributed by atoms with Crippen LogP contribution >= 0.6 is 0 Å². The Morgan fingerprint density at radius 2 is 2.10 bits per heavy atom. The molecule has 0 saturated heterocycles. The maximum atomic E-state index is 4.42. The number of aromatic nitrogens is 2. The molecule has 0 unspecified atom stereocenters. The van der Waals surface area contributed by atoms with E-state index in [0.717, 1.165) is 37.7 Å². The summed E-state index contributed by atoms with van der Waals surface area (Å²) in [5, 5.41) is 7.61. The maximum absolute atomic E-state index is 4.42. The van der Waals surface area contributed by atoms with Crippen molar-refractivity contribution in [1.29, 1.82) is 0 Å². The Kier molecular flexibility index (Phi) is 3.90. The van der Waals surface area contributed by atoms with Crippen LogP contribution in [0.15, 0.2) is 41.5 Å². The van der Waals surface area contributed by atoms with Gasteiger partial charge in [-0.15, -0.1) is 0 Å². The zero-order chi connectivity index (χ0) is 14.7. The van der Waals surface area contributed by atoms with E-state index in [1.165, 1.54) is 11.1 Å². The van der Waals surface area contributed by atoms with Gasteiger partial charge < -0.3 is 10.2 Å². The van der Waals surface area contributed by atoms with Gasteiger partial charge >= 0.3 is 0 Å². The minimum Gasteiger partial charge on any atom is -0.351 e. The number of guanidine groups is 1. The van der Waals surface area contributed by atoms with Crippen LogP contribution in [0.1, 0.15) is 16.8 Å². The maximum Gasteiger partial charge on any atom is 0.194 e. The summed E-state index contributed by atoms with van der Waals surface area (Å²) in [6, 6.07) is 10.7. The molecule has 1 aliphatic heterocycles. The summed E-state index contributed by atoms with van der Waals surface area (Å²) in [4.78, 5) is 6.72. The first-order valence-corrected chi connectivity index (χ1v) is 7.27. The Bertz CT molecular complexity index is 644. The number of aliphatic imine (C=N–C) groups is 1. The Labute approximate surface area is 125 Å². The number of benzene rings is 1. The second-order valence-corrected chi connectivity index (χ2v) is 5.29. The molecule has 0 bridgehead atoms. The lowest BCUT2D eigenvalue weighted by molar-refractivity contribution is 0.378. The molecule has 2 heterocycles. The van der Waals surface area contributed by atoms with Crippen LogP contribution in [0, 0.1) is 0 Å². The third-order valence-corrected chi connectivity index (χ3v) is 3.99. The fraction of sp³-hybridized carbons (Fsp3) is 0.375. The third-order valence-electron chi connectivity index (χ3n) is 3.99. The number of rotatable bonds is 2. The Morgan fingerprint density at radius 1 is 1.29 bits per heavy atom. The molecule has 0 saturated carbocycles. The van der Waals surface area contributed by atoms with Crippen LogP contribution < -0.4 is 5.32 Å². The molecule has 1 aromatic heterocycles. The average Bonchev–Trinajstić information content (AvgIpc) is 2.93. The van der Waals surface area contributed by atoms with Crippen LogP contribution in [0.2, 0.25) is 0 Å². The standard InChI is InChI=1S/C16H21N5/c1-17-16(18-11-15-7-9-19-20(15)2)21-10-8-13-5-3-4-6-14(13)12-21/h3-7,9H,8,10-12H2,1-2H3,(H,17,18). The molecule has 1 N–H and O–H groups in total. The fourth-order valence-corrected chi connectivity index (χ4v) is 2.75. The first kappa shape index (κ1) is 13.7. The van der Waals surface area contributed by atoms with Gasteiger partial charge in [0.15, 0.2) is 5.96 Å². The lowest BCUT2D eigenvalue weighted by Crippen LogP contribution is -2.43. The lowest BCUT2D eigenvalue weighted by atomic mass is 10.0. The highest BCUT2D eigenvalue weighted by molar-refractivity contribution is 5.80. The lowest BCUT2D eigenvalue weighted by Gasteiger charge is -2.31. The van der Waals surface area contributed by atoms with E-state index >= 15 is 0 Å². The second kappa shape index (κ2) is 5.99. The summed E-state index contributed by atoms with van der Waals surface area (Å²) in [7, 11) is 3.79. The molecule has 0 atom stereocenters. The molecule has 2 aromatic rings. The second-order valence-electron chi connectivity index (χ2n) is 5.29. The van der Waals surface area contributed by atoms with Gasteiger partial charge in [0, 0.05) is 33.4 Å². The number of aryl methyl sites for hydroxylation is 1. The summed E-state index contributed by atoms with van der Waals surface area (Å²) >= 11 is 0. The Balaban J connectivity index is 1.67. The van der Waals surface area contributed by atoms with E-state index in [1.54, 1.807) is 0 Å². The van der Waals surface area contributed by atoms with Gasteiger partial charge in [0.2, 0.25) is 0 Å². The number of fused-ring (bicyclic) bond motifs is 1. The molecule has 5 heteroatoms. The minimum absolute atomic E-state index is 0.737. The van der Waals surface area contributed by atoms with Crippen molar-refractivity contribution in [2.45, 2.75) is 19.5 Å². The normalized spacial score (nSPS) is 15.0. The molecule has 5 nitrogen and oxygen atoms in total. The zero-order valence-electron chi connectivity index (χ0n) is 12.6. The predicted molar refractivity (Wildman–Crippen MR) is 84.0 cm³/mol. The van der Waals surface area contributed by atoms with E-state index in [4.69, 9.17) is 0 Å². The van der Waals surface area contributed by atoms with Gasteiger partial charge in [-0.3, -0.25) is 9.67 Å². The van der Waals surface area contributed by atoms with Crippen molar-refractivity contribution in [3.05, 3.63) is 53.3 Å². The topological polar surface area (TPSA) is 45.5 Å². The monoisotopic (exact) mass is 283 g/mol. The molecule has 3 rings (SSSR count). The van der Waals surface area contributed by atoms with E-state index < -0.39 is 0 Å². The van der Waals surface area contributed by atoms with E-state index in [1.807, 2.05) is 31.0 Å². The van der Waals surface area contributed by atoms with Gasteiger partial charge in [-0.25, -0.2) is 0 Å². The first-order valence-electron chi connectivity index (χ1n) is 7.27. The van der Waals surface area contributed by atoms with Gasteiger partial charge in [0.25, 0.3) is 0 Å². The molecular formula is C16H21N5. The molecule has 21 heavy (non-hydrogen) atoms. The van der Waals surface area contributed by atoms with Crippen LogP contribution in [-0.2, 0) is 26.6 Å². The molecule has 0 amide bonds. The quantitative estimate of drug-likeness (QED) is 0.672. The average molecular weight is 283 g/mol. The van der Waals surface area contributed by atoms with Crippen molar-refractivity contribution in [1.82, 2.24) is 20.0 Å². The van der Waals surface area contributed by atoms with Crippen molar-refractivity contribution >= 4 is 5.96 Å². The van der Waals surface area contributed by atoms with Crippen molar-refractivity contribution in [2.24, 2.45) is 12.0 Å². The fourth-order valence-electron chi connectivity index (χ4n) is 2.75. The minimum atomic E-state index is 0.737. The smallest absolute Gasteiger partial charge is 0.194 e. The van der Waals surface area contributed by atoms with Gasteiger partial charge in [0.05, 0.1) is 12.2 Å². The van der Waals surface area contributed by atoms with Crippen LogP contribution in [-0.4, -0.2) is 34.2 Å². The number of nitrogens with one attached hydrogen (secondary N) is 1. The number of nitrogens with zero attached hydrogens (tertiary/aromatic N) is 4. The van der Waals surface area contributed by atoms with Crippen molar-refractivity contribution < 1.29 is 0 Å². The van der Waals surface area contributed by atoms with Gasteiger partial charge in [-0.1, -0.05) is 24.3 Å². The van der Waals surface area contributed by atoms with Crippen LogP contribution in [0.3, 0.4) is 0 Å². The Morgan fingerprint density at radius 3 is 2.81 bits per heavy atom. The molecular weight excluding hydrogens is 262 g/mol. The van der Waals surface area contributed by atoms with Crippen molar-refractivity contribution in [3.63, 3.8) is 0 Å². The molecule has 0 aliphatic carbocycles. The third kappa shape index (κ3) is 2.91. The first-order chi connectivity index (χ1) is 10.3. The molecule has 110 valence electrons. The van der Waals surface area contributed by atoms with E-state index in [-0.39, 0.29) is 0 Å². The highest BCUT2D eigenvalue weighted by atomic mass is 15.3. The summed E-state index contributed by atoms with van der Waals surface area (Å²) in [5.41, 5.74) is 4.00. The van der Waals surface area contributed by atoms with E-state index in [0.29, 0.717) is 0 Å². The zero-order valence-corrected chi connectivity index (χ0v) is 12.6. The number of hydrogen-bond acceptors (Lipinski definition) is 2. The molecule has 1 aromatic carbocycles. The SMILES string of the molecule is CN=C(NCc1ccnn1C)N1CCc2ccccc2C1. The molecule has 0 fully saturated rings. The Hall–Kier alpha value is -2.30. The summed E-state index contributed by atoms with van der Waals surface area (Å²) < 4.78 is 1.88. The molecule has 0 spiro atoms. The van der Waals surface area contributed by atoms with Crippen LogP contribution in [0.5, 0.6) is 0 Å². The van der Waals surface area contributed by atoms with Crippen LogP contribution in [0.25, 0.3) is 0 Å². The van der Waals surface area contributed by atoms with E-state index in [9.17, 15) is 0 Å². The number of hydrogen-bond donors (Lipinski definition) is 1. The largest absolute Gasteiger partial charge is 0.351 e. The highest BCUT2D eigenvalue weighted by Crippen LogP contribution is 2.18. The summed E-state index contributed by atoms with van der Waals surface area (Å²) in [5.74, 6) is 0.950.